The van der Waals surface area contributed by atoms with Gasteiger partial charge >= 0.3 is 5.97 Å². The van der Waals surface area contributed by atoms with Gasteiger partial charge in [-0.3, -0.25) is 9.59 Å². The summed E-state index contributed by atoms with van der Waals surface area (Å²) in [5.41, 5.74) is 3.40. The number of aliphatic hydroxyl groups is 1. The Bertz CT molecular complexity index is 1140. The summed E-state index contributed by atoms with van der Waals surface area (Å²) >= 11 is 0. The zero-order chi connectivity index (χ0) is 24.6. The van der Waals surface area contributed by atoms with Crippen molar-refractivity contribution < 1.29 is 19.8 Å². The van der Waals surface area contributed by atoms with E-state index in [0.29, 0.717) is 31.8 Å². The number of aliphatic carboxylic acids is 1. The molecular formula is C25H30N6O4. The van der Waals surface area contributed by atoms with Crippen molar-refractivity contribution in [3.63, 3.8) is 0 Å². The first-order valence-corrected chi connectivity index (χ1v) is 11.8. The van der Waals surface area contributed by atoms with Crippen molar-refractivity contribution in [3.05, 3.63) is 77.1 Å². The molecule has 1 aliphatic heterocycles. The van der Waals surface area contributed by atoms with E-state index in [0.717, 1.165) is 18.5 Å². The Labute approximate surface area is 203 Å². The van der Waals surface area contributed by atoms with Crippen LogP contribution in [0.5, 0.6) is 0 Å². The second-order valence-corrected chi connectivity index (χ2v) is 8.70. The maximum Gasteiger partial charge on any atom is 0.306 e. The van der Waals surface area contributed by atoms with E-state index in [1.54, 1.807) is 4.68 Å². The molecule has 0 radical (unpaired) electrons. The van der Waals surface area contributed by atoms with Crippen LogP contribution in [0.2, 0.25) is 0 Å². The normalized spacial score (nSPS) is 14.8. The van der Waals surface area contributed by atoms with Crippen molar-refractivity contribution in [1.29, 1.82) is 0 Å². The van der Waals surface area contributed by atoms with Crippen LogP contribution in [0, 0.1) is 0 Å². The average molecular weight is 479 g/mol. The summed E-state index contributed by atoms with van der Waals surface area (Å²) in [5, 5.41) is 34.3. The van der Waals surface area contributed by atoms with Crippen molar-refractivity contribution in [1.82, 2.24) is 30.4 Å². The summed E-state index contributed by atoms with van der Waals surface area (Å²) in [6.45, 7) is 1.89. The van der Waals surface area contributed by atoms with Gasteiger partial charge in [0.25, 0.3) is 0 Å². The summed E-state index contributed by atoms with van der Waals surface area (Å²) in [6.07, 6.45) is 0.440. The van der Waals surface area contributed by atoms with E-state index < -0.39 is 18.1 Å². The fourth-order valence-electron chi connectivity index (χ4n) is 4.36. The average Bonchev–Trinajstić information content (AvgIpc) is 3.32. The SMILES string of the molecule is O=C(O)CC(O)CN[C@H](c1ccccc1)c1nnnn1CCCC(=O)N1CCc2ccccc2C1. The number of rotatable bonds is 11. The topological polar surface area (TPSA) is 133 Å². The van der Waals surface area contributed by atoms with Crippen molar-refractivity contribution in [2.45, 2.75) is 50.9 Å². The Morgan fingerprint density at radius 3 is 2.57 bits per heavy atom. The van der Waals surface area contributed by atoms with Crippen LogP contribution >= 0.6 is 0 Å². The highest BCUT2D eigenvalue weighted by atomic mass is 16.4. The van der Waals surface area contributed by atoms with Gasteiger partial charge in [-0.25, -0.2) is 4.68 Å². The summed E-state index contributed by atoms with van der Waals surface area (Å²) < 4.78 is 1.66. The third-order valence-corrected chi connectivity index (χ3v) is 6.16. The van der Waals surface area contributed by atoms with E-state index >= 15 is 0 Å². The van der Waals surface area contributed by atoms with Crippen LogP contribution in [-0.4, -0.2) is 66.4 Å². The number of fused-ring (bicyclic) bond motifs is 1. The van der Waals surface area contributed by atoms with Gasteiger partial charge in [0.2, 0.25) is 5.91 Å². The number of aryl methyl sites for hydroxylation is 1. The largest absolute Gasteiger partial charge is 0.481 e. The minimum Gasteiger partial charge on any atom is -0.481 e. The fraction of sp³-hybridized carbons (Fsp3) is 0.400. The first kappa shape index (κ1) is 24.5. The smallest absolute Gasteiger partial charge is 0.306 e. The first-order chi connectivity index (χ1) is 17.0. The molecule has 2 atom stereocenters. The lowest BCUT2D eigenvalue weighted by Gasteiger charge is -2.29. The van der Waals surface area contributed by atoms with Crippen LogP contribution < -0.4 is 5.32 Å². The lowest BCUT2D eigenvalue weighted by Crippen LogP contribution is -2.36. The number of carboxylic acids is 1. The van der Waals surface area contributed by atoms with Gasteiger partial charge in [0.05, 0.1) is 18.6 Å². The number of hydrogen-bond donors (Lipinski definition) is 3. The van der Waals surface area contributed by atoms with Gasteiger partial charge in [-0.05, 0) is 40.0 Å². The lowest BCUT2D eigenvalue weighted by atomic mass is 9.99. The molecule has 0 saturated carbocycles. The number of carboxylic acid groups (broad SMARTS) is 1. The highest BCUT2D eigenvalue weighted by Crippen LogP contribution is 2.21. The van der Waals surface area contributed by atoms with Crippen molar-refractivity contribution in [3.8, 4) is 0 Å². The molecule has 1 aromatic heterocycles. The zero-order valence-electron chi connectivity index (χ0n) is 19.5. The number of carbonyl (C=O) groups is 2. The van der Waals surface area contributed by atoms with Gasteiger partial charge in [0.15, 0.2) is 5.82 Å². The second-order valence-electron chi connectivity index (χ2n) is 8.70. The summed E-state index contributed by atoms with van der Waals surface area (Å²) in [7, 11) is 0. The highest BCUT2D eigenvalue weighted by molar-refractivity contribution is 5.76. The van der Waals surface area contributed by atoms with Crippen molar-refractivity contribution >= 4 is 11.9 Å². The Balaban J connectivity index is 1.37. The number of nitrogens with one attached hydrogen (secondary N) is 1. The van der Waals surface area contributed by atoms with Crippen molar-refractivity contribution in [2.24, 2.45) is 0 Å². The fourth-order valence-corrected chi connectivity index (χ4v) is 4.36. The molecule has 10 nitrogen and oxygen atoms in total. The monoisotopic (exact) mass is 478 g/mol. The molecule has 0 saturated heterocycles. The number of aliphatic hydroxyl groups excluding tert-OH is 1. The third-order valence-electron chi connectivity index (χ3n) is 6.16. The van der Waals surface area contributed by atoms with Gasteiger partial charge in [-0.2, -0.15) is 0 Å². The molecule has 1 aliphatic rings. The molecule has 2 heterocycles. The van der Waals surface area contributed by atoms with Crippen LogP contribution in [-0.2, 0) is 29.1 Å². The molecule has 1 amide bonds. The molecular weight excluding hydrogens is 448 g/mol. The van der Waals surface area contributed by atoms with Crippen LogP contribution in [0.15, 0.2) is 54.6 Å². The molecule has 4 rings (SSSR count). The molecule has 0 aliphatic carbocycles. The van der Waals surface area contributed by atoms with Crippen LogP contribution in [0.3, 0.4) is 0 Å². The molecule has 0 bridgehead atoms. The molecule has 3 N–H and O–H groups in total. The number of hydrogen-bond acceptors (Lipinski definition) is 7. The molecule has 1 unspecified atom stereocenters. The summed E-state index contributed by atoms with van der Waals surface area (Å²) in [6, 6.07) is 17.3. The quantitative estimate of drug-likeness (QED) is 0.378. The Hall–Kier alpha value is -3.63. The predicted molar refractivity (Wildman–Crippen MR) is 127 cm³/mol. The molecule has 0 spiro atoms. The second kappa shape index (κ2) is 11.7. The van der Waals surface area contributed by atoms with Gasteiger partial charge < -0.3 is 20.4 Å². The third kappa shape index (κ3) is 6.49. The van der Waals surface area contributed by atoms with E-state index in [2.05, 4.69) is 33.0 Å². The molecule has 10 heteroatoms. The maximum atomic E-state index is 12.8. The Kier molecular flexibility index (Phi) is 8.17. The van der Waals surface area contributed by atoms with Crippen LogP contribution in [0.25, 0.3) is 0 Å². The number of nitrogens with zero attached hydrogens (tertiary/aromatic N) is 5. The minimum absolute atomic E-state index is 0.0631. The number of aromatic nitrogens is 4. The van der Waals surface area contributed by atoms with Gasteiger partial charge in [0, 0.05) is 32.6 Å². The minimum atomic E-state index is -1.07. The number of carbonyl (C=O) groups excluding carboxylic acids is 1. The number of amides is 1. The van der Waals surface area contributed by atoms with Crippen molar-refractivity contribution in [2.75, 3.05) is 13.1 Å². The molecule has 0 fully saturated rings. The first-order valence-electron chi connectivity index (χ1n) is 11.8. The van der Waals surface area contributed by atoms with Gasteiger partial charge in [0.1, 0.15) is 0 Å². The molecule has 2 aromatic carbocycles. The van der Waals surface area contributed by atoms with Gasteiger partial charge in [-0.1, -0.05) is 54.6 Å². The highest BCUT2D eigenvalue weighted by Gasteiger charge is 2.24. The number of tetrazole rings is 1. The Morgan fingerprint density at radius 1 is 1.06 bits per heavy atom. The standard InChI is InChI=1S/C25H30N6O4/c32-21(15-23(34)35)16-26-24(19-8-2-1-3-9-19)25-27-28-29-31(25)13-6-11-22(33)30-14-12-18-7-4-5-10-20(18)17-30/h1-5,7-10,21,24,26,32H,6,11-17H2,(H,34,35)/t21?,24-/m1/s1. The molecule has 184 valence electrons. The summed E-state index contributed by atoms with van der Waals surface area (Å²) in [4.78, 5) is 25.6. The van der Waals surface area contributed by atoms with E-state index in [4.69, 9.17) is 5.11 Å². The zero-order valence-corrected chi connectivity index (χ0v) is 19.5. The predicted octanol–water partition coefficient (Wildman–Crippen LogP) is 1.55. The maximum absolute atomic E-state index is 12.8. The molecule has 35 heavy (non-hydrogen) atoms. The number of benzene rings is 2. The molecule has 3 aromatic rings. The lowest BCUT2D eigenvalue weighted by molar-refractivity contribution is -0.139. The van der Waals surface area contributed by atoms with E-state index in [-0.39, 0.29) is 18.9 Å². The van der Waals surface area contributed by atoms with Crippen LogP contribution in [0.1, 0.15) is 47.8 Å². The van der Waals surface area contributed by atoms with Gasteiger partial charge in [-0.15, -0.1) is 5.10 Å². The summed E-state index contributed by atoms with van der Waals surface area (Å²) in [5.74, 6) is -0.413. The van der Waals surface area contributed by atoms with Crippen LogP contribution in [0.4, 0.5) is 0 Å². The van der Waals surface area contributed by atoms with E-state index in [1.807, 2.05) is 47.4 Å². The Morgan fingerprint density at radius 2 is 1.80 bits per heavy atom. The van der Waals surface area contributed by atoms with E-state index in [1.165, 1.54) is 11.1 Å². The van der Waals surface area contributed by atoms with E-state index in [9.17, 15) is 14.7 Å².